The number of hydrogen-bond donors (Lipinski definition) is 7. The van der Waals surface area contributed by atoms with Crippen molar-refractivity contribution in [2.75, 3.05) is 36.8 Å². The zero-order chi connectivity index (χ0) is 74.4. The number of carboxylic acid groups (broad SMARTS) is 1. The molecule has 0 spiro atoms. The fraction of sp³-hybridized carbons (Fsp3) is 0.500. The number of halogens is 3. The first kappa shape index (κ1) is 79.1. The highest BCUT2D eigenvalue weighted by molar-refractivity contribution is 7.90. The molecule has 564 valence electrons. The third kappa shape index (κ3) is 19.3. The minimum absolute atomic E-state index is 0. The summed E-state index contributed by atoms with van der Waals surface area (Å²) in [5, 5.41) is 18.5. The lowest BCUT2D eigenvalue weighted by Crippen LogP contribution is -2.56. The number of ether oxygens (including phenoxy) is 4. The van der Waals surface area contributed by atoms with Crippen LogP contribution in [0.4, 0.5) is 39.3 Å². The number of carbonyl (C=O) groups excluding carboxylic acids is 7. The number of allylic oxidation sites excluding steroid dienone is 2. The predicted octanol–water partition coefficient (Wildman–Crippen LogP) is 9.49. The van der Waals surface area contributed by atoms with E-state index in [1.165, 1.54) is 34.1 Å². The third-order valence-corrected chi connectivity index (χ3v) is 21.6. The molecule has 0 bridgehead atoms. The Balaban J connectivity index is 0.000000199. The van der Waals surface area contributed by atoms with Gasteiger partial charge in [-0.2, -0.15) is 0 Å². The second-order valence-corrected chi connectivity index (χ2v) is 32.3. The highest BCUT2D eigenvalue weighted by Gasteiger charge is 2.62. The van der Waals surface area contributed by atoms with Crippen molar-refractivity contribution in [3.8, 4) is 0 Å². The summed E-state index contributed by atoms with van der Waals surface area (Å²) >= 11 is 0. The SMILES string of the molecule is CC(C)(C)OC(=O)N1C[C@H](OC(=O)N2Cc3cccc(F)c3C2)C[C@H]1C(=O)N[C@]12C[C@H]1/C=C\CCCCCNc1ccccc1S(=O)(=O)NC2=O.CC(C)(C)OC(=O)N1C[C@H](OC(=O)N2Cc3cccc(F)c3C2)C[C@H]1C(=O)O.Cl.N[C@]12C[C@H]1/C=C\CCCCCNc1ccccc1S(=O)(=O)NC2=O. The minimum Gasteiger partial charge on any atom is -0.480 e. The van der Waals surface area contributed by atoms with E-state index in [9.17, 15) is 69.1 Å². The molecule has 104 heavy (non-hydrogen) atoms. The fourth-order valence-corrected chi connectivity index (χ4v) is 15.6. The Morgan fingerprint density at radius 1 is 0.567 bits per heavy atom. The van der Waals surface area contributed by atoms with Crippen molar-refractivity contribution >= 4 is 91.9 Å². The molecule has 0 aromatic heterocycles. The number of hydrogen-bond acceptors (Lipinski definition) is 19. The quantitative estimate of drug-likeness (QED) is 0.0722. The van der Waals surface area contributed by atoms with Crippen molar-refractivity contribution in [3.63, 3.8) is 0 Å². The summed E-state index contributed by atoms with van der Waals surface area (Å²) in [5.74, 6) is -4.85. The van der Waals surface area contributed by atoms with E-state index in [1.807, 2.05) is 24.3 Å². The van der Waals surface area contributed by atoms with Crippen molar-refractivity contribution in [3.05, 3.63) is 143 Å². The van der Waals surface area contributed by atoms with Gasteiger partial charge in [0, 0.05) is 62.0 Å². The maximum absolute atomic E-state index is 14.3. The van der Waals surface area contributed by atoms with E-state index in [-0.39, 0.29) is 92.5 Å². The minimum atomic E-state index is -4.35. The van der Waals surface area contributed by atoms with Gasteiger partial charge in [0.1, 0.15) is 68.0 Å². The van der Waals surface area contributed by atoms with Crippen LogP contribution in [0.15, 0.2) is 119 Å². The summed E-state index contributed by atoms with van der Waals surface area (Å²) in [4.78, 5) is 108. The number of nitrogens with one attached hydrogen (secondary N) is 5. The zero-order valence-corrected chi connectivity index (χ0v) is 61.3. The Morgan fingerprint density at radius 3 is 1.47 bits per heavy atom. The maximum Gasteiger partial charge on any atom is 0.411 e. The number of carbonyl (C=O) groups is 8. The number of likely N-dealkylation sites (tertiary alicyclic amines) is 2. The van der Waals surface area contributed by atoms with Crippen LogP contribution < -0.4 is 31.1 Å². The van der Waals surface area contributed by atoms with Gasteiger partial charge in [-0.1, -0.05) is 85.7 Å². The number of anilines is 2. The van der Waals surface area contributed by atoms with E-state index < -0.39 is 126 Å². The van der Waals surface area contributed by atoms with Crippen LogP contribution in [0.3, 0.4) is 0 Å². The van der Waals surface area contributed by atoms with Gasteiger partial charge in [0.25, 0.3) is 31.9 Å². The van der Waals surface area contributed by atoms with E-state index in [0.29, 0.717) is 53.1 Å². The molecule has 6 heterocycles. The second kappa shape index (κ2) is 32.5. The predicted molar refractivity (Wildman–Crippen MR) is 379 cm³/mol. The number of nitrogens with two attached hydrogens (primary N) is 1. The van der Waals surface area contributed by atoms with Gasteiger partial charge in [0.15, 0.2) is 0 Å². The molecule has 8 N–H and O–H groups in total. The molecule has 8 atom stereocenters. The molecule has 0 unspecified atom stereocenters. The van der Waals surface area contributed by atoms with Gasteiger partial charge in [-0.15, -0.1) is 12.4 Å². The van der Waals surface area contributed by atoms with Crippen LogP contribution in [0.25, 0.3) is 0 Å². The van der Waals surface area contributed by atoms with E-state index in [4.69, 9.17) is 24.7 Å². The Hall–Kier alpha value is -9.07. The normalized spacial score (nSPS) is 26.0. The highest BCUT2D eigenvalue weighted by Crippen LogP contribution is 2.47. The van der Waals surface area contributed by atoms with Crippen LogP contribution in [0.5, 0.6) is 0 Å². The Labute approximate surface area is 609 Å². The molecule has 2 aliphatic carbocycles. The van der Waals surface area contributed by atoms with E-state index >= 15 is 0 Å². The van der Waals surface area contributed by atoms with Crippen molar-refractivity contribution in [2.24, 2.45) is 17.6 Å². The number of nitrogens with zero attached hydrogens (tertiary/aromatic N) is 4. The van der Waals surface area contributed by atoms with E-state index in [2.05, 4.69) is 25.4 Å². The first-order chi connectivity index (χ1) is 48.6. The van der Waals surface area contributed by atoms with Gasteiger partial charge in [-0.3, -0.25) is 34.0 Å². The average Bonchev–Trinajstić information content (AvgIpc) is 1.58. The summed E-state index contributed by atoms with van der Waals surface area (Å²) in [5.41, 5.74) is 4.75. The van der Waals surface area contributed by atoms with E-state index in [0.717, 1.165) is 61.2 Å². The van der Waals surface area contributed by atoms with Gasteiger partial charge in [-0.25, -0.2) is 59.0 Å². The number of para-hydroxylation sites is 2. The molecule has 0 radical (unpaired) electrons. The summed E-state index contributed by atoms with van der Waals surface area (Å²) in [6, 6.07) is 19.8. The van der Waals surface area contributed by atoms with Crippen LogP contribution in [0.2, 0.25) is 0 Å². The number of fused-ring (bicyclic) bond motifs is 6. The highest BCUT2D eigenvalue weighted by atomic mass is 35.5. The van der Waals surface area contributed by atoms with E-state index in [1.54, 1.807) is 102 Å². The lowest BCUT2D eigenvalue weighted by Gasteiger charge is -2.29. The van der Waals surface area contributed by atoms with Crippen LogP contribution >= 0.6 is 12.4 Å². The standard InChI is InChI=1S/C36H44FN5O8S.C19H23FN2O6.C17H23N3O3S.ClH/c1-35(2,3)50-34(46)42-21-25(49-33(45)41-20-23-12-11-14-27(37)26(23)22-41)18-29(42)31(43)39-36-19-24(36)13-7-5-4-6-10-17-38-28-15-8-9-16-30(28)51(47,48)40-32(36)44;1-19(2,3)28-18(26)22-9-12(7-15(22)16(23)24)27-17(25)21-8-11-5-4-6-14(20)13(11)10-21;18-17-12-13(17)8-4-2-1-3-7-11-19-14-9-5-6-10-15(14)24(22,23)20-16(17)21;/h7-9,11-16,24-25,29,38H,4-6,10,17-22H2,1-3H3,(H,39,43)(H,40,44);4-6,12,15H,7-10H2,1-3H3,(H,23,24);4-6,8-10,13,19H,1-3,7,11-12,18H2,(H,20,21);1H/b13-7-;;8-4-;/t24-,25-,29+,36-;12-,15+;13-,17-;/m111./s1. The monoisotopic (exact) mass is 1500 g/mol. The van der Waals surface area contributed by atoms with Crippen molar-refractivity contribution in [1.29, 1.82) is 0 Å². The summed E-state index contributed by atoms with van der Waals surface area (Å²) in [6.45, 7) is 11.5. The first-order valence-electron chi connectivity index (χ1n) is 34.6. The van der Waals surface area contributed by atoms with Crippen LogP contribution in [-0.4, -0.2) is 162 Å². The molecular weight excluding hydrogens is 1410 g/mol. The molecule has 4 aromatic carbocycles. The number of sulfonamides is 2. The van der Waals surface area contributed by atoms with Crippen LogP contribution in [-0.2, 0) is 84.4 Å². The van der Waals surface area contributed by atoms with Crippen LogP contribution in [0.1, 0.15) is 141 Å². The third-order valence-electron chi connectivity index (χ3n) is 18.8. The molecule has 7 amide bonds. The van der Waals surface area contributed by atoms with Crippen LogP contribution in [0, 0.1) is 23.5 Å². The van der Waals surface area contributed by atoms with Crippen molar-refractivity contribution in [1.82, 2.24) is 34.4 Å². The first-order valence-corrected chi connectivity index (χ1v) is 37.5. The topological polar surface area (TPSA) is 361 Å². The number of aliphatic carboxylic acids is 1. The van der Waals surface area contributed by atoms with Crippen molar-refractivity contribution in [2.45, 2.75) is 201 Å². The number of benzene rings is 4. The lowest BCUT2D eigenvalue weighted by atomic mass is 10.1. The Bertz CT molecular complexity index is 4210. The number of amides is 7. The summed E-state index contributed by atoms with van der Waals surface area (Å²) in [7, 11) is -8.31. The van der Waals surface area contributed by atoms with Crippen molar-refractivity contribution < 1.29 is 88.0 Å². The molecule has 27 nitrogen and oxygen atoms in total. The fourth-order valence-electron chi connectivity index (χ4n) is 13.2. The van der Waals surface area contributed by atoms with Gasteiger partial charge in [0.2, 0.25) is 5.91 Å². The Morgan fingerprint density at radius 2 is 1.01 bits per heavy atom. The van der Waals surface area contributed by atoms with Gasteiger partial charge < -0.3 is 45.7 Å². The zero-order valence-electron chi connectivity index (χ0n) is 58.8. The Kier molecular flexibility index (Phi) is 24.7. The lowest BCUT2D eigenvalue weighted by molar-refractivity contribution is -0.142. The molecule has 2 saturated heterocycles. The summed E-state index contributed by atoms with van der Waals surface area (Å²) in [6.07, 6.45) is 10.9. The molecule has 12 rings (SSSR count). The number of rotatable bonds is 5. The number of carboxylic acids is 1. The summed E-state index contributed by atoms with van der Waals surface area (Å²) < 4.78 is 107. The molecule has 4 aromatic rings. The second-order valence-electron chi connectivity index (χ2n) is 29.0. The molecule has 8 aliphatic rings. The molecule has 32 heteroatoms. The van der Waals surface area contributed by atoms with Gasteiger partial charge in [-0.05, 0) is 140 Å². The van der Waals surface area contributed by atoms with Gasteiger partial charge >= 0.3 is 30.3 Å². The largest absolute Gasteiger partial charge is 0.480 e. The average molecular weight is 1510 g/mol. The van der Waals surface area contributed by atoms with Gasteiger partial charge in [0.05, 0.1) is 37.6 Å². The molecule has 2 saturated carbocycles. The molecule has 6 aliphatic heterocycles. The molecule has 4 fully saturated rings. The maximum atomic E-state index is 14.3. The smallest absolute Gasteiger partial charge is 0.411 e. The molecular formula is C72H91ClF2N10O17S2.